The van der Waals surface area contributed by atoms with Crippen LogP contribution >= 0.6 is 0 Å². The fourth-order valence-electron chi connectivity index (χ4n) is 1.67. The SMILES string of the molecule is Cc1cc(C(=O)OCc2ccccc2F)c(C)o1. The molecule has 94 valence electrons. The van der Waals surface area contributed by atoms with Crippen LogP contribution in [0, 0.1) is 19.7 Å². The maximum Gasteiger partial charge on any atom is 0.342 e. The average molecular weight is 248 g/mol. The number of carbonyl (C=O) groups excluding carboxylic acids is 1. The quantitative estimate of drug-likeness (QED) is 0.781. The van der Waals surface area contributed by atoms with Crippen LogP contribution < -0.4 is 0 Å². The standard InChI is InChI=1S/C14H13FO3/c1-9-7-12(10(2)18-9)14(16)17-8-11-5-3-4-6-13(11)15/h3-7H,8H2,1-2H3. The van der Waals surface area contributed by atoms with Crippen LogP contribution in [0.3, 0.4) is 0 Å². The predicted molar refractivity (Wildman–Crippen MR) is 63.7 cm³/mol. The van der Waals surface area contributed by atoms with E-state index < -0.39 is 5.97 Å². The normalized spacial score (nSPS) is 10.4. The first-order chi connectivity index (χ1) is 8.58. The van der Waals surface area contributed by atoms with E-state index in [1.165, 1.54) is 6.07 Å². The van der Waals surface area contributed by atoms with Crippen molar-refractivity contribution in [2.45, 2.75) is 20.5 Å². The molecule has 0 amide bonds. The number of furan rings is 1. The molecule has 0 bridgehead atoms. The van der Waals surface area contributed by atoms with Crippen LogP contribution in [0.25, 0.3) is 0 Å². The summed E-state index contributed by atoms with van der Waals surface area (Å²) in [5.41, 5.74) is 0.729. The molecule has 18 heavy (non-hydrogen) atoms. The fourth-order valence-corrected chi connectivity index (χ4v) is 1.67. The fraction of sp³-hybridized carbons (Fsp3) is 0.214. The summed E-state index contributed by atoms with van der Waals surface area (Å²) in [6.45, 7) is 3.35. The lowest BCUT2D eigenvalue weighted by Crippen LogP contribution is -2.06. The topological polar surface area (TPSA) is 39.4 Å². The van der Waals surface area contributed by atoms with Gasteiger partial charge in [-0.1, -0.05) is 18.2 Å². The van der Waals surface area contributed by atoms with E-state index in [2.05, 4.69) is 0 Å². The van der Waals surface area contributed by atoms with Gasteiger partial charge in [0.05, 0.1) is 0 Å². The average Bonchev–Trinajstić information content (AvgIpc) is 2.67. The second-order valence-corrected chi connectivity index (χ2v) is 3.99. The lowest BCUT2D eigenvalue weighted by Gasteiger charge is -2.04. The van der Waals surface area contributed by atoms with Crippen molar-refractivity contribution in [3.05, 3.63) is 58.8 Å². The van der Waals surface area contributed by atoms with Crippen LogP contribution in [-0.4, -0.2) is 5.97 Å². The van der Waals surface area contributed by atoms with Crippen molar-refractivity contribution >= 4 is 5.97 Å². The Bertz CT molecular complexity index is 572. The molecule has 3 nitrogen and oxygen atoms in total. The first-order valence-corrected chi connectivity index (χ1v) is 5.55. The number of ether oxygens (including phenoxy) is 1. The van der Waals surface area contributed by atoms with Crippen molar-refractivity contribution in [2.75, 3.05) is 0 Å². The van der Waals surface area contributed by atoms with Gasteiger partial charge in [0.2, 0.25) is 0 Å². The first-order valence-electron chi connectivity index (χ1n) is 5.55. The van der Waals surface area contributed by atoms with Gasteiger partial charge in [-0.3, -0.25) is 0 Å². The summed E-state index contributed by atoms with van der Waals surface area (Å²) in [5.74, 6) is 0.259. The first kappa shape index (κ1) is 12.4. The molecule has 0 saturated carbocycles. The number of hydrogen-bond donors (Lipinski definition) is 0. The van der Waals surface area contributed by atoms with E-state index in [1.807, 2.05) is 0 Å². The van der Waals surface area contributed by atoms with Gasteiger partial charge >= 0.3 is 5.97 Å². The highest BCUT2D eigenvalue weighted by Gasteiger charge is 2.15. The zero-order valence-electron chi connectivity index (χ0n) is 10.2. The molecule has 1 heterocycles. The Balaban J connectivity index is 2.05. The molecule has 0 spiro atoms. The van der Waals surface area contributed by atoms with E-state index in [9.17, 15) is 9.18 Å². The third kappa shape index (κ3) is 2.59. The minimum atomic E-state index is -0.507. The molecule has 1 aromatic carbocycles. The number of aryl methyl sites for hydroxylation is 2. The monoisotopic (exact) mass is 248 g/mol. The van der Waals surface area contributed by atoms with Gasteiger partial charge < -0.3 is 9.15 Å². The number of halogens is 1. The van der Waals surface area contributed by atoms with Gasteiger partial charge in [0.1, 0.15) is 29.5 Å². The van der Waals surface area contributed by atoms with Gasteiger partial charge in [0.15, 0.2) is 0 Å². The Morgan fingerprint density at radius 1 is 1.33 bits per heavy atom. The highest BCUT2D eigenvalue weighted by molar-refractivity contribution is 5.90. The van der Waals surface area contributed by atoms with Gasteiger partial charge in [-0.15, -0.1) is 0 Å². The number of rotatable bonds is 3. The predicted octanol–water partition coefficient (Wildman–Crippen LogP) is 3.39. The Labute approximate surface area is 104 Å². The number of hydrogen-bond acceptors (Lipinski definition) is 3. The van der Waals surface area contributed by atoms with Gasteiger partial charge in [-0.25, -0.2) is 9.18 Å². The minimum Gasteiger partial charge on any atom is -0.466 e. The maximum atomic E-state index is 13.3. The molecule has 4 heteroatoms. The van der Waals surface area contributed by atoms with Crippen LogP contribution in [-0.2, 0) is 11.3 Å². The van der Waals surface area contributed by atoms with Gasteiger partial charge in [0.25, 0.3) is 0 Å². The summed E-state index contributed by atoms with van der Waals surface area (Å²) >= 11 is 0. The second-order valence-electron chi connectivity index (χ2n) is 3.99. The number of benzene rings is 1. The molecule has 0 N–H and O–H groups in total. The van der Waals surface area contributed by atoms with E-state index in [4.69, 9.17) is 9.15 Å². The van der Waals surface area contributed by atoms with Gasteiger partial charge in [-0.05, 0) is 26.0 Å². The van der Waals surface area contributed by atoms with Crippen molar-refractivity contribution in [3.63, 3.8) is 0 Å². The van der Waals surface area contributed by atoms with E-state index >= 15 is 0 Å². The molecule has 0 radical (unpaired) electrons. The van der Waals surface area contributed by atoms with Crippen molar-refractivity contribution in [1.82, 2.24) is 0 Å². The summed E-state index contributed by atoms with van der Waals surface area (Å²) in [6, 6.07) is 7.80. The zero-order valence-corrected chi connectivity index (χ0v) is 10.2. The third-order valence-electron chi connectivity index (χ3n) is 2.58. The lowest BCUT2D eigenvalue weighted by atomic mass is 10.2. The highest BCUT2D eigenvalue weighted by atomic mass is 19.1. The smallest absolute Gasteiger partial charge is 0.342 e. The summed E-state index contributed by atoms with van der Waals surface area (Å²) < 4.78 is 23.6. The molecular formula is C14H13FO3. The Morgan fingerprint density at radius 2 is 2.06 bits per heavy atom. The van der Waals surface area contributed by atoms with Gasteiger partial charge in [-0.2, -0.15) is 0 Å². The summed E-state index contributed by atoms with van der Waals surface area (Å²) in [4.78, 5) is 11.8. The Hall–Kier alpha value is -2.10. The maximum absolute atomic E-state index is 13.3. The molecule has 0 fully saturated rings. The van der Waals surface area contributed by atoms with Gasteiger partial charge in [0, 0.05) is 5.56 Å². The van der Waals surface area contributed by atoms with Crippen molar-refractivity contribution in [1.29, 1.82) is 0 Å². The van der Waals surface area contributed by atoms with Crippen LogP contribution in [0.5, 0.6) is 0 Å². The van der Waals surface area contributed by atoms with Crippen LogP contribution in [0.4, 0.5) is 4.39 Å². The molecular weight excluding hydrogens is 235 g/mol. The molecule has 2 aromatic rings. The molecule has 0 aliphatic carbocycles. The molecule has 1 aromatic heterocycles. The minimum absolute atomic E-state index is 0.0881. The summed E-state index contributed by atoms with van der Waals surface area (Å²) in [5, 5.41) is 0. The summed E-state index contributed by atoms with van der Waals surface area (Å²) in [6.07, 6.45) is 0. The molecule has 0 atom stereocenters. The van der Waals surface area contributed by atoms with E-state index in [0.29, 0.717) is 22.6 Å². The van der Waals surface area contributed by atoms with Crippen molar-refractivity contribution in [3.8, 4) is 0 Å². The Morgan fingerprint density at radius 3 is 2.67 bits per heavy atom. The van der Waals surface area contributed by atoms with E-state index in [1.54, 1.807) is 38.1 Å². The molecule has 0 saturated heterocycles. The number of carbonyl (C=O) groups is 1. The van der Waals surface area contributed by atoms with Crippen LogP contribution in [0.1, 0.15) is 27.4 Å². The second kappa shape index (κ2) is 5.04. The summed E-state index contributed by atoms with van der Waals surface area (Å²) in [7, 11) is 0. The van der Waals surface area contributed by atoms with Crippen molar-refractivity contribution < 1.29 is 18.3 Å². The van der Waals surface area contributed by atoms with Crippen LogP contribution in [0.15, 0.2) is 34.7 Å². The zero-order chi connectivity index (χ0) is 13.1. The molecule has 0 aliphatic rings. The van der Waals surface area contributed by atoms with E-state index in [0.717, 1.165) is 0 Å². The van der Waals surface area contributed by atoms with Crippen molar-refractivity contribution in [2.24, 2.45) is 0 Å². The highest BCUT2D eigenvalue weighted by Crippen LogP contribution is 2.16. The number of esters is 1. The van der Waals surface area contributed by atoms with Crippen LogP contribution in [0.2, 0.25) is 0 Å². The lowest BCUT2D eigenvalue weighted by molar-refractivity contribution is 0.0467. The Kier molecular flexibility index (Phi) is 3.46. The van der Waals surface area contributed by atoms with E-state index in [-0.39, 0.29) is 12.4 Å². The third-order valence-corrected chi connectivity index (χ3v) is 2.58. The molecule has 2 rings (SSSR count). The molecule has 0 aliphatic heterocycles. The molecule has 0 unspecified atom stereocenters. The largest absolute Gasteiger partial charge is 0.466 e.